The SMILES string of the molecule is CC=CCOc1ccc(-c2ccc3c(F)c(CCC)c(OC(F)F)cc3c2)cc1. The van der Waals surface area contributed by atoms with Gasteiger partial charge >= 0.3 is 6.61 Å². The van der Waals surface area contributed by atoms with Crippen LogP contribution in [0, 0.1) is 5.82 Å². The minimum atomic E-state index is -3.00. The molecular formula is C24H23F3O2. The number of halogens is 3. The highest BCUT2D eigenvalue weighted by Gasteiger charge is 2.17. The molecule has 0 aliphatic rings. The van der Waals surface area contributed by atoms with Crippen molar-refractivity contribution in [1.82, 2.24) is 0 Å². The van der Waals surface area contributed by atoms with Crippen LogP contribution >= 0.6 is 0 Å². The van der Waals surface area contributed by atoms with Gasteiger partial charge in [0.05, 0.1) is 0 Å². The van der Waals surface area contributed by atoms with E-state index >= 15 is 0 Å². The Morgan fingerprint density at radius 1 is 1.00 bits per heavy atom. The predicted molar refractivity (Wildman–Crippen MR) is 110 cm³/mol. The molecule has 0 heterocycles. The molecule has 2 nitrogen and oxygen atoms in total. The summed E-state index contributed by atoms with van der Waals surface area (Å²) in [4.78, 5) is 0. The third kappa shape index (κ3) is 4.91. The Kier molecular flexibility index (Phi) is 6.81. The van der Waals surface area contributed by atoms with Crippen LogP contribution in [0.4, 0.5) is 13.2 Å². The van der Waals surface area contributed by atoms with Crippen LogP contribution in [0.2, 0.25) is 0 Å². The molecule has 0 aliphatic carbocycles. The normalized spacial score (nSPS) is 11.5. The van der Waals surface area contributed by atoms with Crippen LogP contribution in [0.15, 0.2) is 60.7 Å². The van der Waals surface area contributed by atoms with Gasteiger partial charge in [0.15, 0.2) is 0 Å². The highest BCUT2D eigenvalue weighted by Crippen LogP contribution is 2.34. The number of hydrogen-bond acceptors (Lipinski definition) is 2. The molecule has 0 aromatic heterocycles. The first-order chi connectivity index (χ1) is 14.0. The quantitative estimate of drug-likeness (QED) is 0.374. The van der Waals surface area contributed by atoms with E-state index in [1.54, 1.807) is 12.1 Å². The van der Waals surface area contributed by atoms with Crippen LogP contribution in [0.1, 0.15) is 25.8 Å². The summed E-state index contributed by atoms with van der Waals surface area (Å²) in [7, 11) is 0. The van der Waals surface area contributed by atoms with Crippen LogP contribution in [0.25, 0.3) is 21.9 Å². The summed E-state index contributed by atoms with van der Waals surface area (Å²) in [5.74, 6) is 0.145. The van der Waals surface area contributed by atoms with Gasteiger partial charge in [-0.1, -0.05) is 49.8 Å². The van der Waals surface area contributed by atoms with E-state index in [0.29, 0.717) is 30.2 Å². The summed E-state index contributed by atoms with van der Waals surface area (Å²) in [6.45, 7) is 1.29. The van der Waals surface area contributed by atoms with E-state index in [1.807, 2.05) is 56.3 Å². The van der Waals surface area contributed by atoms with E-state index in [9.17, 15) is 13.2 Å². The summed E-state index contributed by atoms with van der Waals surface area (Å²) in [5.41, 5.74) is 1.96. The fourth-order valence-corrected chi connectivity index (χ4v) is 3.23. The Hall–Kier alpha value is -2.95. The summed E-state index contributed by atoms with van der Waals surface area (Å²) >= 11 is 0. The Balaban J connectivity index is 1.97. The number of rotatable bonds is 8. The Morgan fingerprint density at radius 3 is 2.38 bits per heavy atom. The summed E-state index contributed by atoms with van der Waals surface area (Å²) in [6.07, 6.45) is 4.79. The maximum Gasteiger partial charge on any atom is 0.387 e. The minimum absolute atomic E-state index is 0.100. The number of fused-ring (bicyclic) bond motifs is 1. The number of hydrogen-bond donors (Lipinski definition) is 0. The van der Waals surface area contributed by atoms with Gasteiger partial charge in [0.2, 0.25) is 0 Å². The van der Waals surface area contributed by atoms with Gasteiger partial charge in [-0.05, 0) is 54.1 Å². The smallest absolute Gasteiger partial charge is 0.387 e. The zero-order valence-electron chi connectivity index (χ0n) is 16.4. The molecule has 0 unspecified atom stereocenters. The molecule has 0 bridgehead atoms. The topological polar surface area (TPSA) is 18.5 Å². The number of alkyl halides is 2. The van der Waals surface area contributed by atoms with Crippen molar-refractivity contribution in [3.05, 3.63) is 72.1 Å². The summed E-state index contributed by atoms with van der Waals surface area (Å²) in [5, 5.41) is 0.911. The second-order valence-corrected chi connectivity index (χ2v) is 6.64. The van der Waals surface area contributed by atoms with Gasteiger partial charge < -0.3 is 9.47 Å². The monoisotopic (exact) mass is 400 g/mol. The van der Waals surface area contributed by atoms with Crippen molar-refractivity contribution >= 4 is 10.8 Å². The van der Waals surface area contributed by atoms with Gasteiger partial charge in [-0.2, -0.15) is 8.78 Å². The van der Waals surface area contributed by atoms with Crippen molar-refractivity contribution in [2.24, 2.45) is 0 Å². The van der Waals surface area contributed by atoms with Crippen molar-refractivity contribution in [2.45, 2.75) is 33.3 Å². The first-order valence-corrected chi connectivity index (χ1v) is 9.57. The molecule has 0 spiro atoms. The average molecular weight is 400 g/mol. The number of allylic oxidation sites excluding steroid dienone is 1. The highest BCUT2D eigenvalue weighted by atomic mass is 19.3. The zero-order valence-corrected chi connectivity index (χ0v) is 16.4. The lowest BCUT2D eigenvalue weighted by Gasteiger charge is -2.14. The molecule has 0 aliphatic heterocycles. The van der Waals surface area contributed by atoms with E-state index in [0.717, 1.165) is 16.9 Å². The molecule has 0 saturated heterocycles. The summed E-state index contributed by atoms with van der Waals surface area (Å²) < 4.78 is 50.8. The molecule has 0 N–H and O–H groups in total. The third-order valence-corrected chi connectivity index (χ3v) is 4.62. The van der Waals surface area contributed by atoms with Gasteiger partial charge in [-0.3, -0.25) is 0 Å². The maximum absolute atomic E-state index is 15.0. The Morgan fingerprint density at radius 2 is 1.72 bits per heavy atom. The fourth-order valence-electron chi connectivity index (χ4n) is 3.23. The molecule has 0 amide bonds. The first kappa shape index (κ1) is 20.8. The fraction of sp³-hybridized carbons (Fsp3) is 0.250. The van der Waals surface area contributed by atoms with E-state index < -0.39 is 12.4 Å². The molecule has 0 saturated carbocycles. The van der Waals surface area contributed by atoms with Crippen molar-refractivity contribution in [2.75, 3.05) is 6.61 Å². The van der Waals surface area contributed by atoms with Crippen molar-refractivity contribution in [3.8, 4) is 22.6 Å². The lowest BCUT2D eigenvalue weighted by atomic mass is 9.97. The van der Waals surface area contributed by atoms with Crippen LogP contribution in [-0.2, 0) is 6.42 Å². The minimum Gasteiger partial charge on any atom is -0.490 e. The molecule has 3 aromatic rings. The van der Waals surface area contributed by atoms with Gasteiger partial charge in [0, 0.05) is 10.9 Å². The van der Waals surface area contributed by atoms with Crippen LogP contribution in [0.5, 0.6) is 11.5 Å². The van der Waals surface area contributed by atoms with E-state index in [1.165, 1.54) is 6.07 Å². The lowest BCUT2D eigenvalue weighted by molar-refractivity contribution is -0.0505. The predicted octanol–water partition coefficient (Wildman–Crippen LogP) is 7.15. The molecule has 0 fully saturated rings. The molecule has 29 heavy (non-hydrogen) atoms. The van der Waals surface area contributed by atoms with E-state index in [4.69, 9.17) is 4.74 Å². The second kappa shape index (κ2) is 9.50. The molecule has 152 valence electrons. The Bertz CT molecular complexity index is 995. The molecule has 0 radical (unpaired) electrons. The van der Waals surface area contributed by atoms with Crippen molar-refractivity contribution < 1.29 is 22.6 Å². The molecular weight excluding hydrogens is 377 g/mol. The second-order valence-electron chi connectivity index (χ2n) is 6.64. The number of benzene rings is 3. The lowest BCUT2D eigenvalue weighted by Crippen LogP contribution is -2.06. The van der Waals surface area contributed by atoms with Gasteiger partial charge in [-0.25, -0.2) is 4.39 Å². The molecule has 3 rings (SSSR count). The average Bonchev–Trinajstić information content (AvgIpc) is 2.71. The molecule has 3 aromatic carbocycles. The van der Waals surface area contributed by atoms with Gasteiger partial charge in [-0.15, -0.1) is 0 Å². The van der Waals surface area contributed by atoms with Gasteiger partial charge in [0.25, 0.3) is 0 Å². The highest BCUT2D eigenvalue weighted by molar-refractivity contribution is 5.90. The van der Waals surface area contributed by atoms with Gasteiger partial charge in [0.1, 0.15) is 23.9 Å². The van der Waals surface area contributed by atoms with Crippen molar-refractivity contribution in [1.29, 1.82) is 0 Å². The third-order valence-electron chi connectivity index (χ3n) is 4.62. The van der Waals surface area contributed by atoms with E-state index in [-0.39, 0.29) is 11.3 Å². The first-order valence-electron chi connectivity index (χ1n) is 9.57. The van der Waals surface area contributed by atoms with E-state index in [2.05, 4.69) is 4.74 Å². The Labute approximate surface area is 168 Å². The largest absolute Gasteiger partial charge is 0.490 e. The zero-order chi connectivity index (χ0) is 20.8. The van der Waals surface area contributed by atoms with Crippen molar-refractivity contribution in [3.63, 3.8) is 0 Å². The summed E-state index contributed by atoms with van der Waals surface area (Å²) in [6, 6.07) is 14.3. The number of ether oxygens (including phenoxy) is 2. The van der Waals surface area contributed by atoms with Crippen LogP contribution in [-0.4, -0.2) is 13.2 Å². The molecule has 5 heteroatoms. The van der Waals surface area contributed by atoms with Crippen LogP contribution in [0.3, 0.4) is 0 Å². The maximum atomic E-state index is 15.0. The molecule has 0 atom stereocenters. The standard InChI is InChI=1S/C24H23F3O2/c1-3-5-13-28-19-10-7-16(8-11-19)17-9-12-20-18(14-17)15-22(29-24(26)27)21(6-4-2)23(20)25/h3,5,7-12,14-15,24H,4,6,13H2,1-2H3. The van der Waals surface area contributed by atoms with Crippen LogP contribution < -0.4 is 9.47 Å².